The van der Waals surface area contributed by atoms with E-state index in [9.17, 15) is 4.79 Å². The Kier molecular flexibility index (Phi) is 7.05. The summed E-state index contributed by atoms with van der Waals surface area (Å²) in [5.74, 6) is 1.06. The fourth-order valence-electron chi connectivity index (χ4n) is 5.52. The molecule has 0 N–H and O–H groups in total. The van der Waals surface area contributed by atoms with E-state index in [1.807, 2.05) is 29.2 Å². The average molecular weight is 504 g/mol. The Morgan fingerprint density at radius 1 is 0.971 bits per heavy atom. The maximum Gasteiger partial charge on any atom is 0.237 e. The maximum absolute atomic E-state index is 13.9. The summed E-state index contributed by atoms with van der Waals surface area (Å²) < 4.78 is 10.8. The Hall–Kier alpha value is -1.83. The second-order valence-corrected chi connectivity index (χ2v) is 10.2. The van der Waals surface area contributed by atoms with Gasteiger partial charge in [0.1, 0.15) is 5.75 Å². The normalized spacial score (nSPS) is 20.7. The summed E-state index contributed by atoms with van der Waals surface area (Å²) >= 11 is 12.9. The minimum Gasteiger partial charge on any atom is -0.497 e. The smallest absolute Gasteiger partial charge is 0.237 e. The number of likely N-dealkylation sites (tertiary alicyclic amines) is 1. The number of halogens is 2. The highest BCUT2D eigenvalue weighted by Gasteiger charge is 2.52. The number of nitrogens with zero attached hydrogens (tertiary/aromatic N) is 3. The topological polar surface area (TPSA) is 45.2 Å². The van der Waals surface area contributed by atoms with Crippen molar-refractivity contribution in [2.75, 3.05) is 64.5 Å². The highest BCUT2D eigenvalue weighted by molar-refractivity contribution is 6.42. The number of benzene rings is 2. The number of carbonyl (C=O) groups is 1. The third kappa shape index (κ3) is 4.54. The predicted molar refractivity (Wildman–Crippen MR) is 135 cm³/mol. The number of amides is 1. The van der Waals surface area contributed by atoms with Crippen LogP contribution in [0, 0.1) is 0 Å². The molecular weight excluding hydrogens is 473 g/mol. The van der Waals surface area contributed by atoms with Gasteiger partial charge in [-0.2, -0.15) is 0 Å². The Labute approximate surface area is 211 Å². The lowest BCUT2D eigenvalue weighted by molar-refractivity contribution is -0.125. The van der Waals surface area contributed by atoms with Crippen LogP contribution in [0.2, 0.25) is 10.0 Å². The van der Waals surface area contributed by atoms with Gasteiger partial charge in [0.05, 0.1) is 35.8 Å². The summed E-state index contributed by atoms with van der Waals surface area (Å²) in [6.45, 7) is 7.32. The van der Waals surface area contributed by atoms with Crippen LogP contribution < -0.4 is 9.64 Å². The summed E-state index contributed by atoms with van der Waals surface area (Å²) in [5.41, 5.74) is 2.65. The number of hydrogen-bond donors (Lipinski definition) is 0. The van der Waals surface area contributed by atoms with Gasteiger partial charge in [-0.25, -0.2) is 0 Å². The summed E-state index contributed by atoms with van der Waals surface area (Å²) in [4.78, 5) is 20.7. The fraction of sp³-hybridized carbons (Fsp3) is 0.500. The molecule has 2 saturated heterocycles. The van der Waals surface area contributed by atoms with Crippen LogP contribution in [-0.2, 0) is 21.5 Å². The number of piperidine rings is 1. The number of morpholine rings is 1. The molecule has 0 aliphatic carbocycles. The number of hydrogen-bond acceptors (Lipinski definition) is 5. The van der Waals surface area contributed by atoms with E-state index in [1.54, 1.807) is 7.11 Å². The lowest BCUT2D eigenvalue weighted by atomic mass is 9.73. The van der Waals surface area contributed by atoms with Crippen LogP contribution in [0.15, 0.2) is 36.4 Å². The monoisotopic (exact) mass is 503 g/mol. The minimum atomic E-state index is -0.528. The molecule has 1 spiro atoms. The Morgan fingerprint density at radius 2 is 1.71 bits per heavy atom. The van der Waals surface area contributed by atoms with Crippen molar-refractivity contribution in [2.24, 2.45) is 0 Å². The number of anilines is 1. The van der Waals surface area contributed by atoms with E-state index in [1.165, 1.54) is 5.56 Å². The molecule has 2 aromatic carbocycles. The molecule has 5 rings (SSSR count). The first kappa shape index (κ1) is 23.9. The van der Waals surface area contributed by atoms with E-state index in [0.717, 1.165) is 82.3 Å². The molecule has 0 unspecified atom stereocenters. The standard InChI is InChI=1S/C26H31Cl2N3O3/c1-33-20-4-2-3-19(15-20)18-30-7-5-26(6-8-30)21-16-22(27)23(28)17-24(21)31(25(26)32)10-9-29-11-13-34-14-12-29/h2-4,15-17H,5-14,18H2,1H3. The molecule has 0 bridgehead atoms. The van der Waals surface area contributed by atoms with E-state index in [-0.39, 0.29) is 5.91 Å². The quantitative estimate of drug-likeness (QED) is 0.590. The number of methoxy groups -OCH3 is 1. The lowest BCUT2D eigenvalue weighted by Crippen LogP contribution is -2.50. The van der Waals surface area contributed by atoms with Crippen LogP contribution in [0.3, 0.4) is 0 Å². The molecule has 0 saturated carbocycles. The van der Waals surface area contributed by atoms with Crippen LogP contribution in [0.1, 0.15) is 24.0 Å². The van der Waals surface area contributed by atoms with Crippen molar-refractivity contribution in [3.63, 3.8) is 0 Å². The molecule has 6 nitrogen and oxygen atoms in total. The first-order chi connectivity index (χ1) is 16.5. The van der Waals surface area contributed by atoms with E-state index in [4.69, 9.17) is 32.7 Å². The molecule has 8 heteroatoms. The van der Waals surface area contributed by atoms with Crippen LogP contribution >= 0.6 is 23.2 Å². The van der Waals surface area contributed by atoms with Crippen molar-refractivity contribution in [1.29, 1.82) is 0 Å². The van der Waals surface area contributed by atoms with Gasteiger partial charge >= 0.3 is 0 Å². The van der Waals surface area contributed by atoms with Crippen molar-refractivity contribution in [3.8, 4) is 5.75 Å². The minimum absolute atomic E-state index is 0.190. The van der Waals surface area contributed by atoms with Crippen molar-refractivity contribution in [1.82, 2.24) is 9.80 Å². The first-order valence-electron chi connectivity index (χ1n) is 12.0. The molecule has 3 heterocycles. The van der Waals surface area contributed by atoms with Gasteiger partial charge < -0.3 is 14.4 Å². The number of carbonyl (C=O) groups excluding carboxylic acids is 1. The van der Waals surface area contributed by atoms with Gasteiger partial charge in [-0.3, -0.25) is 14.6 Å². The largest absolute Gasteiger partial charge is 0.497 e. The molecule has 0 radical (unpaired) electrons. The molecule has 0 aromatic heterocycles. The van der Waals surface area contributed by atoms with Gasteiger partial charge in [-0.1, -0.05) is 35.3 Å². The van der Waals surface area contributed by atoms with Crippen LogP contribution in [0.5, 0.6) is 5.75 Å². The average Bonchev–Trinajstić information content (AvgIpc) is 3.07. The summed E-state index contributed by atoms with van der Waals surface area (Å²) in [5, 5.41) is 1.01. The van der Waals surface area contributed by atoms with Gasteiger partial charge in [-0.15, -0.1) is 0 Å². The molecule has 2 aromatic rings. The zero-order valence-corrected chi connectivity index (χ0v) is 21.1. The Balaban J connectivity index is 1.34. The second kappa shape index (κ2) is 10.0. The molecule has 0 atom stereocenters. The molecule has 1 amide bonds. The second-order valence-electron chi connectivity index (χ2n) is 9.40. The van der Waals surface area contributed by atoms with Crippen molar-refractivity contribution < 1.29 is 14.3 Å². The van der Waals surface area contributed by atoms with Gasteiger partial charge in [0, 0.05) is 38.4 Å². The SMILES string of the molecule is COc1cccc(CN2CCC3(CC2)C(=O)N(CCN2CCOCC2)c2cc(Cl)c(Cl)cc23)c1. The maximum atomic E-state index is 13.9. The van der Waals surface area contributed by atoms with Gasteiger partial charge in [0.2, 0.25) is 5.91 Å². The molecule has 3 aliphatic heterocycles. The van der Waals surface area contributed by atoms with Crippen LogP contribution in [0.25, 0.3) is 0 Å². The summed E-state index contributed by atoms with van der Waals surface area (Å²) in [6.07, 6.45) is 1.55. The van der Waals surface area contributed by atoms with Gasteiger partial charge in [-0.05, 0) is 61.3 Å². The van der Waals surface area contributed by atoms with Crippen molar-refractivity contribution in [3.05, 3.63) is 57.6 Å². The molecular formula is C26H31Cl2N3O3. The van der Waals surface area contributed by atoms with Gasteiger partial charge in [0.15, 0.2) is 0 Å². The number of rotatable bonds is 6. The van der Waals surface area contributed by atoms with Crippen LogP contribution in [0.4, 0.5) is 5.69 Å². The lowest BCUT2D eigenvalue weighted by Gasteiger charge is -2.38. The molecule has 2 fully saturated rings. The van der Waals surface area contributed by atoms with E-state index in [2.05, 4.69) is 21.9 Å². The third-order valence-electron chi connectivity index (χ3n) is 7.49. The van der Waals surface area contributed by atoms with E-state index < -0.39 is 5.41 Å². The van der Waals surface area contributed by atoms with Crippen molar-refractivity contribution >= 4 is 34.8 Å². The summed E-state index contributed by atoms with van der Waals surface area (Å²) in [7, 11) is 1.69. The number of fused-ring (bicyclic) bond motifs is 2. The van der Waals surface area contributed by atoms with Gasteiger partial charge in [0.25, 0.3) is 0 Å². The molecule has 3 aliphatic rings. The zero-order valence-electron chi connectivity index (χ0n) is 19.6. The molecule has 34 heavy (non-hydrogen) atoms. The predicted octanol–water partition coefficient (Wildman–Crippen LogP) is 4.21. The van der Waals surface area contributed by atoms with Crippen molar-refractivity contribution in [2.45, 2.75) is 24.8 Å². The van der Waals surface area contributed by atoms with E-state index in [0.29, 0.717) is 16.6 Å². The summed E-state index contributed by atoms with van der Waals surface area (Å²) in [6, 6.07) is 12.0. The Morgan fingerprint density at radius 3 is 2.44 bits per heavy atom. The highest BCUT2D eigenvalue weighted by atomic mass is 35.5. The van der Waals surface area contributed by atoms with E-state index >= 15 is 0 Å². The number of ether oxygens (including phenoxy) is 2. The first-order valence-corrected chi connectivity index (χ1v) is 12.7. The third-order valence-corrected chi connectivity index (χ3v) is 8.22. The Bertz CT molecular complexity index is 1050. The zero-order chi connectivity index (χ0) is 23.7. The highest BCUT2D eigenvalue weighted by Crippen LogP contribution is 2.50. The molecule has 182 valence electrons. The van der Waals surface area contributed by atoms with Crippen LogP contribution in [-0.4, -0.2) is 75.3 Å². The fourth-order valence-corrected chi connectivity index (χ4v) is 5.84.